The number of hydrogen-bond donors (Lipinski definition) is 3. The Morgan fingerprint density at radius 1 is 0.913 bits per heavy atom. The number of halogens is 6. The minimum atomic E-state index is -4.56. The number of fused-ring (bicyclic) bond motifs is 1. The molecular formula is C14H8Cl3F3N2O. The van der Waals surface area contributed by atoms with Gasteiger partial charge in [-0.05, 0) is 24.3 Å². The number of rotatable bonds is 1. The van der Waals surface area contributed by atoms with Crippen molar-refractivity contribution in [1.29, 1.82) is 0 Å². The number of hydrogen-bond acceptors (Lipinski definition) is 3. The van der Waals surface area contributed by atoms with Gasteiger partial charge in [-0.3, -0.25) is 0 Å². The summed E-state index contributed by atoms with van der Waals surface area (Å²) in [4.78, 5) is 0. The van der Waals surface area contributed by atoms with Crippen LogP contribution >= 0.6 is 34.8 Å². The van der Waals surface area contributed by atoms with Crippen molar-refractivity contribution in [2.75, 3.05) is 10.6 Å². The van der Waals surface area contributed by atoms with Crippen LogP contribution in [0.2, 0.25) is 15.1 Å². The zero-order chi connectivity index (χ0) is 16.9. The van der Waals surface area contributed by atoms with Crippen LogP contribution in [0.5, 0.6) is 5.75 Å². The summed E-state index contributed by atoms with van der Waals surface area (Å²) in [5.41, 5.74) is -0.0460. The van der Waals surface area contributed by atoms with Gasteiger partial charge in [-0.25, -0.2) is 0 Å². The first-order valence-corrected chi connectivity index (χ1v) is 7.42. The maximum absolute atomic E-state index is 12.9. The molecular weight excluding hydrogens is 376 g/mol. The fraction of sp³-hybridized carbons (Fsp3) is 0.143. The lowest BCUT2D eigenvalue weighted by molar-refractivity contribution is -0.137. The van der Waals surface area contributed by atoms with Crippen LogP contribution in [-0.2, 0) is 6.18 Å². The molecule has 122 valence electrons. The highest BCUT2D eigenvalue weighted by atomic mass is 35.5. The first-order chi connectivity index (χ1) is 10.7. The average Bonchev–Trinajstić information content (AvgIpc) is 2.83. The SMILES string of the molecule is Oc1c(Cl)cc(Cl)cc1[C@@H]1Nc2cc(Cl)c(C(F)(F)F)cc2N1. The van der Waals surface area contributed by atoms with Crippen molar-refractivity contribution in [3.8, 4) is 5.75 Å². The Bertz CT molecular complexity index is 796. The van der Waals surface area contributed by atoms with Gasteiger partial charge in [-0.2, -0.15) is 13.2 Å². The third-order valence-electron chi connectivity index (χ3n) is 3.38. The van der Waals surface area contributed by atoms with Crippen LogP contribution in [0.4, 0.5) is 24.5 Å². The predicted molar refractivity (Wildman–Crippen MR) is 84.6 cm³/mol. The lowest BCUT2D eigenvalue weighted by atomic mass is 10.1. The van der Waals surface area contributed by atoms with Crippen LogP contribution in [0.15, 0.2) is 24.3 Å². The summed E-state index contributed by atoms with van der Waals surface area (Å²) in [5.74, 6) is -0.212. The molecule has 0 aromatic heterocycles. The number of benzene rings is 2. The van der Waals surface area contributed by atoms with E-state index in [-0.39, 0.29) is 21.5 Å². The normalized spacial score (nSPS) is 16.7. The van der Waals surface area contributed by atoms with Gasteiger partial charge in [-0.15, -0.1) is 0 Å². The molecule has 23 heavy (non-hydrogen) atoms. The Labute approximate surface area is 144 Å². The van der Waals surface area contributed by atoms with Crippen molar-refractivity contribution in [2.45, 2.75) is 12.3 Å². The van der Waals surface area contributed by atoms with Gasteiger partial charge in [0.25, 0.3) is 0 Å². The number of anilines is 2. The summed E-state index contributed by atoms with van der Waals surface area (Å²) in [6, 6.07) is 4.91. The molecule has 1 aliphatic heterocycles. The van der Waals surface area contributed by atoms with E-state index in [0.29, 0.717) is 11.3 Å². The number of alkyl halides is 3. The average molecular weight is 384 g/mol. The van der Waals surface area contributed by atoms with E-state index in [1.807, 2.05) is 0 Å². The topological polar surface area (TPSA) is 44.3 Å². The first-order valence-electron chi connectivity index (χ1n) is 6.28. The summed E-state index contributed by atoms with van der Waals surface area (Å²) >= 11 is 17.4. The maximum atomic E-state index is 12.9. The van der Waals surface area contributed by atoms with Crippen molar-refractivity contribution in [3.63, 3.8) is 0 Å². The quantitative estimate of drug-likeness (QED) is 0.574. The third kappa shape index (κ3) is 2.98. The Morgan fingerprint density at radius 3 is 2.13 bits per heavy atom. The van der Waals surface area contributed by atoms with Crippen molar-refractivity contribution in [1.82, 2.24) is 0 Å². The molecule has 9 heteroatoms. The molecule has 3 N–H and O–H groups in total. The molecule has 0 amide bonds. The molecule has 0 radical (unpaired) electrons. The van der Waals surface area contributed by atoms with Crippen molar-refractivity contribution in [2.24, 2.45) is 0 Å². The van der Waals surface area contributed by atoms with Crippen LogP contribution in [0.1, 0.15) is 17.3 Å². The van der Waals surface area contributed by atoms with Crippen molar-refractivity contribution < 1.29 is 18.3 Å². The molecule has 1 aliphatic rings. The highest BCUT2D eigenvalue weighted by Gasteiger charge is 2.36. The number of aromatic hydroxyl groups is 1. The van der Waals surface area contributed by atoms with Gasteiger partial charge in [-0.1, -0.05) is 34.8 Å². The van der Waals surface area contributed by atoms with Crippen LogP contribution < -0.4 is 10.6 Å². The van der Waals surface area contributed by atoms with Gasteiger partial charge in [0.15, 0.2) is 0 Å². The third-order valence-corrected chi connectivity index (χ3v) is 4.20. The molecule has 0 saturated heterocycles. The van der Waals surface area contributed by atoms with E-state index < -0.39 is 22.9 Å². The Morgan fingerprint density at radius 2 is 1.52 bits per heavy atom. The summed E-state index contributed by atoms with van der Waals surface area (Å²) in [7, 11) is 0. The number of phenols is 1. The standard InChI is InChI=1S/C14H8Cl3F3N2O/c15-5-1-6(12(23)9(17)2-5)13-21-10-3-7(14(18,19)20)8(16)4-11(10)22-13/h1-4,13,21-23H/t13-/m0/s1. The molecule has 0 spiro atoms. The van der Waals surface area contributed by atoms with E-state index in [0.717, 1.165) is 6.07 Å². The molecule has 1 heterocycles. The Balaban J connectivity index is 2.00. The van der Waals surface area contributed by atoms with Crippen LogP contribution in [0.3, 0.4) is 0 Å². The predicted octanol–water partition coefficient (Wildman–Crippen LogP) is 5.91. The summed E-state index contributed by atoms with van der Waals surface area (Å²) < 4.78 is 38.7. The smallest absolute Gasteiger partial charge is 0.417 e. The first kappa shape index (κ1) is 16.4. The zero-order valence-electron chi connectivity index (χ0n) is 11.1. The minimum absolute atomic E-state index is 0.0427. The summed E-state index contributed by atoms with van der Waals surface area (Å²) in [5, 5.41) is 15.7. The van der Waals surface area contributed by atoms with Gasteiger partial charge in [0, 0.05) is 10.6 Å². The van der Waals surface area contributed by atoms with Crippen molar-refractivity contribution in [3.05, 3.63) is 50.5 Å². The van der Waals surface area contributed by atoms with Crippen molar-refractivity contribution >= 4 is 46.2 Å². The molecule has 0 unspecified atom stereocenters. The van der Waals surface area contributed by atoms with E-state index in [1.54, 1.807) is 0 Å². The molecule has 3 nitrogen and oxygen atoms in total. The molecule has 2 aromatic carbocycles. The molecule has 0 bridgehead atoms. The van der Waals surface area contributed by atoms with E-state index in [1.165, 1.54) is 18.2 Å². The number of phenolic OH excluding ortho intramolecular Hbond substituents is 1. The lowest BCUT2D eigenvalue weighted by Crippen LogP contribution is -2.12. The van der Waals surface area contributed by atoms with Gasteiger partial charge in [0.05, 0.1) is 27.0 Å². The monoisotopic (exact) mass is 382 g/mol. The Hall–Kier alpha value is -1.50. The van der Waals surface area contributed by atoms with Gasteiger partial charge in [0.2, 0.25) is 0 Å². The molecule has 1 atom stereocenters. The van der Waals surface area contributed by atoms with E-state index in [9.17, 15) is 18.3 Å². The molecule has 2 aromatic rings. The van der Waals surface area contributed by atoms with Crippen LogP contribution in [0.25, 0.3) is 0 Å². The van der Waals surface area contributed by atoms with Crippen LogP contribution in [-0.4, -0.2) is 5.11 Å². The van der Waals surface area contributed by atoms with Gasteiger partial charge >= 0.3 is 6.18 Å². The van der Waals surface area contributed by atoms with Gasteiger partial charge < -0.3 is 15.7 Å². The van der Waals surface area contributed by atoms with E-state index in [2.05, 4.69) is 10.6 Å². The highest BCUT2D eigenvalue weighted by Crippen LogP contribution is 2.45. The summed E-state index contributed by atoms with van der Waals surface area (Å²) in [6.07, 6.45) is -5.26. The minimum Gasteiger partial charge on any atom is -0.506 e. The Kier molecular flexibility index (Phi) is 3.94. The number of nitrogens with one attached hydrogen (secondary N) is 2. The van der Waals surface area contributed by atoms with Crippen LogP contribution in [0, 0.1) is 0 Å². The second-order valence-electron chi connectivity index (χ2n) is 4.92. The van der Waals surface area contributed by atoms with E-state index in [4.69, 9.17) is 34.8 Å². The molecule has 0 aliphatic carbocycles. The van der Waals surface area contributed by atoms with E-state index >= 15 is 0 Å². The molecule has 0 fully saturated rings. The summed E-state index contributed by atoms with van der Waals surface area (Å²) in [6.45, 7) is 0. The zero-order valence-corrected chi connectivity index (χ0v) is 13.4. The molecule has 0 saturated carbocycles. The van der Waals surface area contributed by atoms with Gasteiger partial charge in [0.1, 0.15) is 11.9 Å². The fourth-order valence-electron chi connectivity index (χ4n) is 2.34. The second-order valence-corrected chi connectivity index (χ2v) is 6.17. The maximum Gasteiger partial charge on any atom is 0.417 e. The largest absolute Gasteiger partial charge is 0.506 e. The highest BCUT2D eigenvalue weighted by molar-refractivity contribution is 6.35. The molecule has 3 rings (SSSR count). The fourth-order valence-corrected chi connectivity index (χ4v) is 3.12. The second kappa shape index (κ2) is 5.54. The lowest BCUT2D eigenvalue weighted by Gasteiger charge is -2.15.